The monoisotopic (exact) mass is 447 g/mol. The molecule has 0 aliphatic heterocycles. The van der Waals surface area contributed by atoms with E-state index in [9.17, 15) is 13.2 Å². The summed E-state index contributed by atoms with van der Waals surface area (Å²) in [7, 11) is -3.91. The van der Waals surface area contributed by atoms with Crippen LogP contribution in [0, 0.1) is 0 Å². The summed E-state index contributed by atoms with van der Waals surface area (Å²) in [5.41, 5.74) is 1.06. The molecule has 162 valence electrons. The molecule has 0 radical (unpaired) electrons. The molecule has 0 spiro atoms. The lowest BCUT2D eigenvalue weighted by atomic mass is 10.2. The van der Waals surface area contributed by atoms with Gasteiger partial charge in [-0.15, -0.1) is 0 Å². The number of rotatable bonds is 6. The summed E-state index contributed by atoms with van der Waals surface area (Å²) in [6.45, 7) is 3.89. The molecule has 0 atom stereocenters. The van der Waals surface area contributed by atoms with Crippen molar-refractivity contribution in [3.8, 4) is 5.75 Å². The van der Waals surface area contributed by atoms with E-state index in [0.29, 0.717) is 22.3 Å². The van der Waals surface area contributed by atoms with E-state index in [4.69, 9.17) is 4.18 Å². The van der Waals surface area contributed by atoms with E-state index < -0.39 is 10.1 Å². The number of nitrogens with zero attached hydrogens (tertiary/aromatic N) is 3. The molecule has 0 bridgehead atoms. The summed E-state index contributed by atoms with van der Waals surface area (Å²) in [6.07, 6.45) is 1.53. The van der Waals surface area contributed by atoms with Gasteiger partial charge in [0.2, 0.25) is 0 Å². The quantitative estimate of drug-likeness (QED) is 0.327. The summed E-state index contributed by atoms with van der Waals surface area (Å²) in [4.78, 5) is 17.6. The number of hydrogen-bond acceptors (Lipinski definition) is 6. The second-order valence-corrected chi connectivity index (χ2v) is 8.97. The Hall–Kier alpha value is -3.78. The minimum absolute atomic E-state index is 0.0107. The highest BCUT2D eigenvalue weighted by atomic mass is 32.2. The maximum absolute atomic E-state index is 12.9. The van der Waals surface area contributed by atoms with Crippen molar-refractivity contribution < 1.29 is 12.6 Å². The van der Waals surface area contributed by atoms with E-state index in [1.54, 1.807) is 48.5 Å². The van der Waals surface area contributed by atoms with Crippen LogP contribution in [0.2, 0.25) is 0 Å². The molecule has 0 aliphatic carbocycles. The van der Waals surface area contributed by atoms with Gasteiger partial charge in [0.1, 0.15) is 16.5 Å². The van der Waals surface area contributed by atoms with Gasteiger partial charge in [0.15, 0.2) is 0 Å². The molecule has 0 N–H and O–H groups in total. The Morgan fingerprint density at radius 2 is 1.59 bits per heavy atom. The molecule has 0 fully saturated rings. The predicted molar refractivity (Wildman–Crippen MR) is 124 cm³/mol. The fourth-order valence-electron chi connectivity index (χ4n) is 3.12. The number of para-hydroxylation sites is 1. The maximum Gasteiger partial charge on any atom is 0.339 e. The lowest BCUT2D eigenvalue weighted by Crippen LogP contribution is -2.23. The molecule has 0 saturated heterocycles. The Labute approximate surface area is 185 Å². The molecular weight excluding hydrogens is 426 g/mol. The molecule has 0 aliphatic rings. The van der Waals surface area contributed by atoms with Crippen LogP contribution in [0.25, 0.3) is 10.9 Å². The highest BCUT2D eigenvalue weighted by Crippen LogP contribution is 2.19. The zero-order valence-electron chi connectivity index (χ0n) is 17.5. The fourth-order valence-corrected chi connectivity index (χ4v) is 4.07. The van der Waals surface area contributed by atoms with Crippen molar-refractivity contribution in [1.29, 1.82) is 0 Å². The zero-order valence-corrected chi connectivity index (χ0v) is 18.4. The van der Waals surface area contributed by atoms with E-state index in [1.165, 1.54) is 35.2 Å². The molecule has 1 aromatic heterocycles. The Morgan fingerprint density at radius 1 is 0.938 bits per heavy atom. The number of hydrogen-bond donors (Lipinski definition) is 0. The van der Waals surface area contributed by atoms with Crippen LogP contribution in [-0.4, -0.2) is 24.3 Å². The van der Waals surface area contributed by atoms with Gasteiger partial charge >= 0.3 is 10.1 Å². The van der Waals surface area contributed by atoms with Gasteiger partial charge in [0.25, 0.3) is 5.56 Å². The standard InChI is InChI=1S/C24H21N3O4S/c1-17(2)23-26-22-11-7-6-10-21(22)24(28)27(23)25-16-18-12-14-19(15-13-18)31-32(29,30)20-8-4-3-5-9-20/h3-17H,1-2H3. The predicted octanol–water partition coefficient (Wildman–Crippen LogP) is 4.17. The molecule has 1 heterocycles. The van der Waals surface area contributed by atoms with Crippen LogP contribution in [0.1, 0.15) is 31.2 Å². The van der Waals surface area contributed by atoms with Gasteiger partial charge in [-0.1, -0.05) is 44.2 Å². The average molecular weight is 448 g/mol. The van der Waals surface area contributed by atoms with Crippen LogP contribution in [0.15, 0.2) is 93.7 Å². The maximum atomic E-state index is 12.9. The third-order valence-electron chi connectivity index (χ3n) is 4.74. The van der Waals surface area contributed by atoms with Gasteiger partial charge in [-0.25, -0.2) is 4.98 Å². The molecular formula is C24H21N3O4S. The van der Waals surface area contributed by atoms with Crippen molar-refractivity contribution in [2.24, 2.45) is 5.10 Å². The first-order chi connectivity index (χ1) is 15.3. The third kappa shape index (κ3) is 4.45. The van der Waals surface area contributed by atoms with Crippen LogP contribution in [0.4, 0.5) is 0 Å². The van der Waals surface area contributed by atoms with Crippen LogP contribution in [-0.2, 0) is 10.1 Å². The van der Waals surface area contributed by atoms with Gasteiger partial charge in [-0.2, -0.15) is 18.2 Å². The summed E-state index contributed by atoms with van der Waals surface area (Å²) >= 11 is 0. The highest BCUT2D eigenvalue weighted by Gasteiger charge is 2.16. The van der Waals surface area contributed by atoms with Crippen molar-refractivity contribution in [3.63, 3.8) is 0 Å². The molecule has 8 heteroatoms. The van der Waals surface area contributed by atoms with E-state index in [1.807, 2.05) is 19.9 Å². The largest absolute Gasteiger partial charge is 0.379 e. The topological polar surface area (TPSA) is 90.6 Å². The van der Waals surface area contributed by atoms with Crippen LogP contribution < -0.4 is 9.74 Å². The van der Waals surface area contributed by atoms with E-state index in [-0.39, 0.29) is 22.1 Å². The van der Waals surface area contributed by atoms with Gasteiger partial charge in [0, 0.05) is 5.92 Å². The zero-order chi connectivity index (χ0) is 22.7. The molecule has 3 aromatic carbocycles. The smallest absolute Gasteiger partial charge is 0.339 e. The third-order valence-corrected chi connectivity index (χ3v) is 6.00. The van der Waals surface area contributed by atoms with Gasteiger partial charge < -0.3 is 4.18 Å². The molecule has 7 nitrogen and oxygen atoms in total. The summed E-state index contributed by atoms with van der Waals surface area (Å²) in [5.74, 6) is 0.723. The molecule has 0 unspecified atom stereocenters. The molecule has 4 aromatic rings. The SMILES string of the molecule is CC(C)c1nc2ccccc2c(=O)n1N=Cc1ccc(OS(=O)(=O)c2ccccc2)cc1. The minimum atomic E-state index is -3.91. The first-order valence-corrected chi connectivity index (χ1v) is 11.4. The van der Waals surface area contributed by atoms with E-state index in [0.717, 1.165) is 0 Å². The summed E-state index contributed by atoms with van der Waals surface area (Å²) in [5, 5.41) is 4.85. The van der Waals surface area contributed by atoms with Crippen molar-refractivity contribution in [2.75, 3.05) is 0 Å². The van der Waals surface area contributed by atoms with Crippen molar-refractivity contribution >= 4 is 27.2 Å². The highest BCUT2D eigenvalue weighted by molar-refractivity contribution is 7.87. The van der Waals surface area contributed by atoms with Crippen LogP contribution >= 0.6 is 0 Å². The second kappa shape index (κ2) is 8.76. The second-order valence-electron chi connectivity index (χ2n) is 7.42. The first-order valence-electron chi connectivity index (χ1n) is 10.0. The van der Waals surface area contributed by atoms with Gasteiger partial charge in [0.05, 0.1) is 17.1 Å². The Bertz CT molecular complexity index is 1440. The van der Waals surface area contributed by atoms with Gasteiger partial charge in [-0.3, -0.25) is 4.79 Å². The lowest BCUT2D eigenvalue weighted by Gasteiger charge is -2.11. The number of aromatic nitrogens is 2. The van der Waals surface area contributed by atoms with E-state index >= 15 is 0 Å². The molecule has 32 heavy (non-hydrogen) atoms. The minimum Gasteiger partial charge on any atom is -0.379 e. The van der Waals surface area contributed by atoms with Crippen molar-refractivity contribution in [1.82, 2.24) is 9.66 Å². The normalized spacial score (nSPS) is 12.0. The lowest BCUT2D eigenvalue weighted by molar-refractivity contribution is 0.486. The van der Waals surface area contributed by atoms with Gasteiger partial charge in [-0.05, 0) is 54.1 Å². The van der Waals surface area contributed by atoms with Crippen molar-refractivity contribution in [3.05, 3.63) is 101 Å². The fraction of sp³-hybridized carbons (Fsp3) is 0.125. The first kappa shape index (κ1) is 21.5. The Kier molecular flexibility index (Phi) is 5.87. The average Bonchev–Trinajstić information content (AvgIpc) is 2.79. The van der Waals surface area contributed by atoms with Crippen molar-refractivity contribution in [2.45, 2.75) is 24.7 Å². The van der Waals surface area contributed by atoms with Crippen LogP contribution in [0.5, 0.6) is 5.75 Å². The summed E-state index contributed by atoms with van der Waals surface area (Å²) < 4.78 is 31.2. The summed E-state index contributed by atoms with van der Waals surface area (Å²) in [6, 6.07) is 21.5. The molecule has 0 amide bonds. The number of benzene rings is 3. The number of fused-ring (bicyclic) bond motifs is 1. The Morgan fingerprint density at radius 3 is 2.28 bits per heavy atom. The Balaban J connectivity index is 1.61. The molecule has 4 rings (SSSR count). The van der Waals surface area contributed by atoms with Crippen LogP contribution in [0.3, 0.4) is 0 Å². The molecule has 0 saturated carbocycles. The van der Waals surface area contributed by atoms with E-state index in [2.05, 4.69) is 10.1 Å².